The molecule has 14 nitrogen and oxygen atoms in total. The molecule has 2 amide bonds. The molecule has 3 heterocycles. The average Bonchev–Trinajstić information content (AvgIpc) is 3.48. The van der Waals surface area contributed by atoms with Gasteiger partial charge in [0.25, 0.3) is 5.56 Å². The first-order chi connectivity index (χ1) is 18.6. The number of aromatic nitrogens is 5. The van der Waals surface area contributed by atoms with Crippen LogP contribution >= 0.6 is 0 Å². The summed E-state index contributed by atoms with van der Waals surface area (Å²) < 4.78 is 15.7. The number of hydrogen-bond acceptors (Lipinski definition) is 11. The Labute approximate surface area is 222 Å². The Hall–Kier alpha value is -4.75. The minimum absolute atomic E-state index is 0.0329. The summed E-state index contributed by atoms with van der Waals surface area (Å²) in [5.74, 6) is 0.865. The predicted molar refractivity (Wildman–Crippen MR) is 141 cm³/mol. The molecule has 0 saturated heterocycles. The molecule has 4 aromatic rings. The Kier molecular flexibility index (Phi) is 8.22. The molecular weight excluding hydrogens is 508 g/mol. The van der Waals surface area contributed by atoms with Crippen LogP contribution in [0.1, 0.15) is 45.2 Å². The van der Waals surface area contributed by atoms with Gasteiger partial charge < -0.3 is 24.4 Å². The number of ether oxygens (including phenoxy) is 1. The zero-order valence-electron chi connectivity index (χ0n) is 22.1. The van der Waals surface area contributed by atoms with Gasteiger partial charge in [-0.3, -0.25) is 14.9 Å². The van der Waals surface area contributed by atoms with Crippen molar-refractivity contribution in [2.75, 3.05) is 23.7 Å². The van der Waals surface area contributed by atoms with E-state index in [1.165, 1.54) is 0 Å². The first-order valence-corrected chi connectivity index (χ1v) is 12.4. The van der Waals surface area contributed by atoms with E-state index in [1.54, 1.807) is 39.8 Å². The fourth-order valence-corrected chi connectivity index (χ4v) is 3.65. The summed E-state index contributed by atoms with van der Waals surface area (Å²) >= 11 is 0. The first kappa shape index (κ1) is 27.3. The lowest BCUT2D eigenvalue weighted by molar-refractivity contribution is -0.121. The van der Waals surface area contributed by atoms with Gasteiger partial charge in [-0.15, -0.1) is 0 Å². The molecule has 206 valence electrons. The quantitative estimate of drug-likeness (QED) is 0.217. The lowest BCUT2D eigenvalue weighted by Crippen LogP contribution is -2.27. The maximum atomic E-state index is 12.3. The smallest absolute Gasteiger partial charge is 0.414 e. The molecule has 4 rings (SSSR count). The standard InChI is InChI=1S/C25H30N8O6/c1-14-19(23(39-32-14)29-24(36)37-25(2,3)4)21-28-18(38-33-21)11-10-17(34)26-12-7-13-27-20-15-8-5-6-9-16(15)22(35)31-30-20/h5-6,8-9H,7,10-13H2,1-4H3,(H,26,34)(H,27,30)(H,29,36)(H,31,35). The fourth-order valence-electron chi connectivity index (χ4n) is 3.65. The van der Waals surface area contributed by atoms with Crippen molar-refractivity contribution in [3.63, 3.8) is 0 Å². The van der Waals surface area contributed by atoms with Gasteiger partial charge in [-0.05, 0) is 40.2 Å². The third kappa shape index (κ3) is 7.18. The minimum Gasteiger partial charge on any atom is -0.444 e. The van der Waals surface area contributed by atoms with Crippen LogP contribution in [0.3, 0.4) is 0 Å². The van der Waals surface area contributed by atoms with Crippen LogP contribution in [-0.2, 0) is 16.0 Å². The normalized spacial score (nSPS) is 11.4. The van der Waals surface area contributed by atoms with Gasteiger partial charge in [0.2, 0.25) is 23.5 Å². The zero-order chi connectivity index (χ0) is 28.0. The number of nitrogens with one attached hydrogen (secondary N) is 4. The molecule has 3 aromatic heterocycles. The number of anilines is 2. The monoisotopic (exact) mass is 538 g/mol. The van der Waals surface area contributed by atoms with Crippen LogP contribution in [0.25, 0.3) is 22.2 Å². The maximum absolute atomic E-state index is 12.3. The van der Waals surface area contributed by atoms with Crippen LogP contribution in [-0.4, -0.2) is 56.2 Å². The third-order valence-electron chi connectivity index (χ3n) is 5.40. The maximum Gasteiger partial charge on any atom is 0.414 e. The number of aromatic amines is 1. The highest BCUT2D eigenvalue weighted by molar-refractivity contribution is 5.90. The minimum atomic E-state index is -0.709. The van der Waals surface area contributed by atoms with Crippen LogP contribution in [0.2, 0.25) is 0 Å². The van der Waals surface area contributed by atoms with E-state index in [4.69, 9.17) is 13.8 Å². The number of amides is 2. The second-order valence-electron chi connectivity index (χ2n) is 9.69. The molecule has 39 heavy (non-hydrogen) atoms. The van der Waals surface area contributed by atoms with Crippen molar-refractivity contribution in [3.05, 3.63) is 46.2 Å². The van der Waals surface area contributed by atoms with E-state index in [0.717, 1.165) is 5.39 Å². The number of rotatable bonds is 10. The molecule has 0 aliphatic heterocycles. The Morgan fingerprint density at radius 3 is 2.62 bits per heavy atom. The Balaban J connectivity index is 1.23. The molecule has 0 aliphatic carbocycles. The fraction of sp³-hybridized carbons (Fsp3) is 0.400. The molecule has 0 spiro atoms. The molecular formula is C25H30N8O6. The van der Waals surface area contributed by atoms with Crippen molar-refractivity contribution in [2.24, 2.45) is 0 Å². The van der Waals surface area contributed by atoms with E-state index in [-0.39, 0.29) is 41.9 Å². The Morgan fingerprint density at radius 2 is 1.85 bits per heavy atom. The molecule has 4 N–H and O–H groups in total. The summed E-state index contributed by atoms with van der Waals surface area (Å²) in [7, 11) is 0. The van der Waals surface area contributed by atoms with E-state index in [2.05, 4.69) is 41.4 Å². The highest BCUT2D eigenvalue weighted by atomic mass is 16.6. The van der Waals surface area contributed by atoms with Crippen molar-refractivity contribution in [1.29, 1.82) is 0 Å². The lowest BCUT2D eigenvalue weighted by atomic mass is 10.2. The molecule has 0 aliphatic rings. The summed E-state index contributed by atoms with van der Waals surface area (Å²) in [4.78, 5) is 40.6. The molecule has 1 aromatic carbocycles. The number of fused-ring (bicyclic) bond motifs is 1. The van der Waals surface area contributed by atoms with Gasteiger partial charge in [-0.25, -0.2) is 9.89 Å². The number of carbonyl (C=O) groups excluding carboxylic acids is 2. The topological polar surface area (TPSA) is 190 Å². The summed E-state index contributed by atoms with van der Waals surface area (Å²) in [6, 6.07) is 7.20. The first-order valence-electron chi connectivity index (χ1n) is 12.4. The summed E-state index contributed by atoms with van der Waals surface area (Å²) in [5, 5.41) is 24.2. The molecule has 0 atom stereocenters. The van der Waals surface area contributed by atoms with Gasteiger partial charge in [0.05, 0.1) is 11.1 Å². The predicted octanol–water partition coefficient (Wildman–Crippen LogP) is 3.17. The van der Waals surface area contributed by atoms with Gasteiger partial charge in [-0.1, -0.05) is 28.5 Å². The second-order valence-corrected chi connectivity index (χ2v) is 9.69. The van der Waals surface area contributed by atoms with E-state index >= 15 is 0 Å². The number of aryl methyl sites for hydroxylation is 2. The molecule has 0 saturated carbocycles. The lowest BCUT2D eigenvalue weighted by Gasteiger charge is -2.19. The number of hydrogen-bond donors (Lipinski definition) is 4. The summed E-state index contributed by atoms with van der Waals surface area (Å²) in [6.07, 6.45) is 0.307. The van der Waals surface area contributed by atoms with E-state index in [1.807, 2.05) is 12.1 Å². The Bertz CT molecular complexity index is 1520. The van der Waals surface area contributed by atoms with Gasteiger partial charge in [0.1, 0.15) is 11.2 Å². The Morgan fingerprint density at radius 1 is 1.08 bits per heavy atom. The second kappa shape index (κ2) is 11.8. The van der Waals surface area contributed by atoms with Gasteiger partial charge in [0.15, 0.2) is 5.82 Å². The SMILES string of the molecule is Cc1noc(NC(=O)OC(C)(C)C)c1-c1noc(CCC(=O)NCCCNc2n[nH]c(=O)c3ccccc23)n1. The molecule has 0 fully saturated rings. The largest absolute Gasteiger partial charge is 0.444 e. The number of carbonyl (C=O) groups is 2. The van der Waals surface area contributed by atoms with Gasteiger partial charge >= 0.3 is 6.09 Å². The average molecular weight is 539 g/mol. The van der Waals surface area contributed by atoms with Gasteiger partial charge in [-0.2, -0.15) is 10.1 Å². The van der Waals surface area contributed by atoms with Crippen LogP contribution in [0.5, 0.6) is 0 Å². The van der Waals surface area contributed by atoms with Crippen molar-refractivity contribution in [1.82, 2.24) is 30.8 Å². The number of benzene rings is 1. The highest BCUT2D eigenvalue weighted by Crippen LogP contribution is 2.29. The van der Waals surface area contributed by atoms with Crippen LogP contribution < -0.4 is 21.5 Å². The van der Waals surface area contributed by atoms with Crippen molar-refractivity contribution < 1.29 is 23.4 Å². The van der Waals surface area contributed by atoms with E-state index in [9.17, 15) is 14.4 Å². The summed E-state index contributed by atoms with van der Waals surface area (Å²) in [5.41, 5.74) is -0.126. The number of nitrogens with zero attached hydrogens (tertiary/aromatic N) is 4. The van der Waals surface area contributed by atoms with Crippen LogP contribution in [0.15, 0.2) is 38.1 Å². The van der Waals surface area contributed by atoms with Crippen molar-refractivity contribution >= 4 is 34.5 Å². The van der Waals surface area contributed by atoms with E-state index < -0.39 is 11.7 Å². The van der Waals surface area contributed by atoms with Gasteiger partial charge in [0, 0.05) is 31.3 Å². The molecule has 0 unspecified atom stereocenters. The number of H-pyrrole nitrogens is 1. The molecule has 0 radical (unpaired) electrons. The van der Waals surface area contributed by atoms with Crippen molar-refractivity contribution in [3.8, 4) is 11.4 Å². The third-order valence-corrected chi connectivity index (χ3v) is 5.40. The van der Waals surface area contributed by atoms with Crippen LogP contribution in [0.4, 0.5) is 16.5 Å². The molecule has 0 bridgehead atoms. The summed E-state index contributed by atoms with van der Waals surface area (Å²) in [6.45, 7) is 7.89. The van der Waals surface area contributed by atoms with Crippen molar-refractivity contribution in [2.45, 2.75) is 52.6 Å². The zero-order valence-corrected chi connectivity index (χ0v) is 22.1. The van der Waals surface area contributed by atoms with Crippen LogP contribution in [0, 0.1) is 6.92 Å². The molecule has 14 heteroatoms. The highest BCUT2D eigenvalue weighted by Gasteiger charge is 2.24. The van der Waals surface area contributed by atoms with E-state index in [0.29, 0.717) is 42.0 Å².